The Bertz CT molecular complexity index is 5230. The van der Waals surface area contributed by atoms with Gasteiger partial charge in [0.2, 0.25) is 23.6 Å². The second kappa shape index (κ2) is 35.8. The van der Waals surface area contributed by atoms with Crippen LogP contribution in [-0.2, 0) is 54.8 Å². The molecule has 0 radical (unpaired) electrons. The number of nitrogens with zero attached hydrogens (tertiary/aromatic N) is 16. The van der Waals surface area contributed by atoms with Gasteiger partial charge in [-0.3, -0.25) is 57.9 Å². The topological polar surface area (TPSA) is 339 Å². The lowest BCUT2D eigenvalue weighted by molar-refractivity contribution is -0.119. The number of pyridine rings is 2. The molecule has 0 bridgehead atoms. The standard InChI is InChI=1S/C26H23FN6O4.C19H15ClFN3O3.C14H15N3O.C10H9BrN2.C7H9N3O.C4H7NO/c1-26(2,3)37-25(36)32-14-18-23(24(32)35)19(33-11-9-20(30-33)31-10-5-8-21(31)34)12-17(29-18)22-15(13-28)6-4-7-16(22)27;1-19(2,3)27-18(26)24-9-14-16(17(24)25)11(20)7-13(23-14)15-10(8-22)5-4-6-12(15)21;18-14-7-4-9-17(14)13-8-10-16(15-13)11-12-5-2-1-3-6-12;11-10-6-7-13(12-10)8-9-4-2-1-3-5-9;11-7-2-1-5-10(7)6-3-4-8-9-6;6-4-2-1-3-5-4/h4,6-7,9,11-12H,5,8,10,14H2,1-3H3;4-7H,9H2,1-3H3;1-3,5-6,8,10H,4,7,9,11H2;1-7H,8H2;3-4H,1-2,5H2,(H,8,9);1-3H2,(H,5,6). The number of aromatic amines is 1. The van der Waals surface area contributed by atoms with E-state index in [9.17, 15) is 57.7 Å². The SMILES string of the molecule is Brc1ccn(Cc2ccccc2)n1.CC(C)(C)OC(=O)N1Cc2nc(-c3c(F)cccc3C#N)cc(-n3ccc(N4CCCC4=O)n3)c2C1=O.CC(C)(C)OC(=O)N1Cc2nc(-c3c(F)cccc3C#N)cc(Cl)c2C1=O.O=C1CCCN1.O=C1CCCN1c1ccn(Cc2ccccc2)n1.O=C1CCCN1c1ccn[nH]1. The molecule has 2 N–H and O–H groups in total. The van der Waals surface area contributed by atoms with Crippen molar-refractivity contribution in [2.24, 2.45) is 0 Å². The number of imide groups is 2. The largest absolute Gasteiger partial charge is 0.443 e. The van der Waals surface area contributed by atoms with E-state index in [-0.39, 0.29) is 104 Å². The number of nitriles is 2. The zero-order chi connectivity index (χ0) is 80.0. The van der Waals surface area contributed by atoms with E-state index in [0.717, 1.165) is 84.4 Å². The smallest absolute Gasteiger partial charge is 0.417 e. The van der Waals surface area contributed by atoms with Crippen LogP contribution in [0.1, 0.15) is 147 Å². The van der Waals surface area contributed by atoms with E-state index in [1.54, 1.807) is 74.7 Å². The summed E-state index contributed by atoms with van der Waals surface area (Å²) in [7, 11) is 0. The van der Waals surface area contributed by atoms with Crippen LogP contribution in [-0.4, -0.2) is 144 Å². The van der Waals surface area contributed by atoms with Crippen molar-refractivity contribution in [2.75, 3.05) is 40.9 Å². The van der Waals surface area contributed by atoms with Gasteiger partial charge in [0.15, 0.2) is 11.6 Å². The molecule has 6 aromatic heterocycles. The number of rotatable bonds is 10. The van der Waals surface area contributed by atoms with E-state index >= 15 is 0 Å². The molecule has 12 heterocycles. The van der Waals surface area contributed by atoms with Crippen molar-refractivity contribution in [3.8, 4) is 40.3 Å². The molecule has 576 valence electrons. The van der Waals surface area contributed by atoms with Crippen molar-refractivity contribution in [2.45, 2.75) is 130 Å². The third kappa shape index (κ3) is 20.1. The number of carbonyl (C=O) groups excluding carboxylic acids is 8. The minimum Gasteiger partial charge on any atom is -0.443 e. The van der Waals surface area contributed by atoms with E-state index in [0.29, 0.717) is 38.0 Å². The fourth-order valence-electron chi connectivity index (χ4n) is 12.5. The van der Waals surface area contributed by atoms with Crippen molar-refractivity contribution < 1.29 is 56.6 Å². The highest BCUT2D eigenvalue weighted by Gasteiger charge is 2.41. The van der Waals surface area contributed by atoms with Crippen LogP contribution in [0, 0.1) is 34.3 Å². The van der Waals surface area contributed by atoms with Gasteiger partial charge >= 0.3 is 12.2 Å². The monoisotopic (exact) mass is 1600 g/mol. The molecule has 6 aliphatic heterocycles. The molecule has 4 saturated heterocycles. The van der Waals surface area contributed by atoms with Gasteiger partial charge in [-0.2, -0.15) is 25.8 Å². The van der Waals surface area contributed by atoms with Gasteiger partial charge in [-0.1, -0.05) is 84.4 Å². The Balaban J connectivity index is 0.000000144. The summed E-state index contributed by atoms with van der Waals surface area (Å²) < 4.78 is 45.9. The molecule has 8 amide bonds. The summed E-state index contributed by atoms with van der Waals surface area (Å²) in [6.45, 7) is 14.4. The molecular weight excluding hydrogens is 1530 g/mol. The first-order chi connectivity index (χ1) is 53.6. The van der Waals surface area contributed by atoms with Crippen molar-refractivity contribution in [1.82, 2.24) is 64.6 Å². The normalized spacial score (nSPS) is 14.8. The number of carbonyl (C=O) groups is 8. The van der Waals surface area contributed by atoms with Gasteiger partial charge in [0, 0.05) is 88.7 Å². The number of fused-ring (bicyclic) bond motifs is 2. The maximum absolute atomic E-state index is 14.9. The fraction of sp³-hybridized carbons (Fsp3) is 0.300. The average Bonchev–Trinajstić information content (AvgIpc) is 1.59. The lowest BCUT2D eigenvalue weighted by Crippen LogP contribution is -2.37. The summed E-state index contributed by atoms with van der Waals surface area (Å²) >= 11 is 9.54. The van der Waals surface area contributed by atoms with Crippen LogP contribution in [0.4, 0.5) is 35.8 Å². The zero-order valence-electron chi connectivity index (χ0n) is 62.1. The number of ether oxygens (including phenoxy) is 2. The lowest BCUT2D eigenvalue weighted by Gasteiger charge is -2.23. The van der Waals surface area contributed by atoms with Gasteiger partial charge in [0.25, 0.3) is 11.8 Å². The summed E-state index contributed by atoms with van der Waals surface area (Å²) in [5.41, 5.74) is 2.06. The molecule has 0 spiro atoms. The van der Waals surface area contributed by atoms with E-state index in [2.05, 4.69) is 81.0 Å². The van der Waals surface area contributed by atoms with Crippen molar-refractivity contribution >= 4 is 92.6 Å². The molecule has 32 heteroatoms. The van der Waals surface area contributed by atoms with Crippen LogP contribution >= 0.6 is 27.5 Å². The first-order valence-corrected chi connectivity index (χ1v) is 37.1. The number of halogens is 4. The summed E-state index contributed by atoms with van der Waals surface area (Å²) in [6, 6.07) is 42.6. The van der Waals surface area contributed by atoms with E-state index in [1.807, 2.05) is 88.5 Å². The predicted octanol–water partition coefficient (Wildman–Crippen LogP) is 13.5. The van der Waals surface area contributed by atoms with Crippen LogP contribution in [0.3, 0.4) is 0 Å². The Kier molecular flexibility index (Phi) is 25.7. The highest BCUT2D eigenvalue weighted by atomic mass is 79.9. The Morgan fingerprint density at radius 3 is 1.48 bits per heavy atom. The van der Waals surface area contributed by atoms with Gasteiger partial charge < -0.3 is 14.8 Å². The summed E-state index contributed by atoms with van der Waals surface area (Å²) in [4.78, 5) is 112. The van der Waals surface area contributed by atoms with Gasteiger partial charge in [-0.05, 0) is 137 Å². The number of benzene rings is 4. The van der Waals surface area contributed by atoms with Crippen molar-refractivity contribution in [1.29, 1.82) is 10.5 Å². The van der Waals surface area contributed by atoms with Crippen LogP contribution < -0.4 is 20.0 Å². The first kappa shape index (κ1) is 80.4. The summed E-state index contributed by atoms with van der Waals surface area (Å²) in [5.74, 6) is -0.0413. The molecule has 0 aliphatic carbocycles. The second-order valence-electron chi connectivity index (χ2n) is 28.1. The van der Waals surface area contributed by atoms with Crippen molar-refractivity contribution in [3.63, 3.8) is 0 Å². The second-order valence-corrected chi connectivity index (χ2v) is 29.3. The Hall–Kier alpha value is -12.6. The van der Waals surface area contributed by atoms with Crippen LogP contribution in [0.5, 0.6) is 0 Å². The summed E-state index contributed by atoms with van der Waals surface area (Å²) in [5, 5.41) is 41.3. The Morgan fingerprint density at radius 2 is 1.04 bits per heavy atom. The molecule has 28 nitrogen and oxygen atoms in total. The van der Waals surface area contributed by atoms with Crippen molar-refractivity contribution in [3.05, 3.63) is 224 Å². The average molecular weight is 1600 g/mol. The number of aromatic nitrogens is 10. The van der Waals surface area contributed by atoms with E-state index < -0.39 is 46.8 Å². The molecule has 0 saturated carbocycles. The number of amides is 8. The third-order valence-electron chi connectivity index (χ3n) is 17.5. The molecule has 4 fully saturated rings. The van der Waals surface area contributed by atoms with Gasteiger partial charge in [0.05, 0.1) is 111 Å². The quantitative estimate of drug-likeness (QED) is 0.128. The lowest BCUT2D eigenvalue weighted by atomic mass is 10.0. The molecule has 0 atom stereocenters. The first-order valence-electron chi connectivity index (χ1n) is 35.9. The van der Waals surface area contributed by atoms with E-state index in [4.69, 9.17) is 21.1 Å². The van der Waals surface area contributed by atoms with Crippen LogP contribution in [0.15, 0.2) is 163 Å². The van der Waals surface area contributed by atoms with E-state index in [1.165, 1.54) is 64.3 Å². The van der Waals surface area contributed by atoms with Gasteiger partial charge in [0.1, 0.15) is 33.3 Å². The van der Waals surface area contributed by atoms with Crippen LogP contribution in [0.25, 0.3) is 28.2 Å². The maximum atomic E-state index is 14.9. The highest BCUT2D eigenvalue weighted by molar-refractivity contribution is 9.10. The van der Waals surface area contributed by atoms with Crippen LogP contribution in [0.2, 0.25) is 5.02 Å². The zero-order valence-corrected chi connectivity index (χ0v) is 64.4. The molecule has 10 aromatic rings. The fourth-order valence-corrected chi connectivity index (χ4v) is 13.1. The molecule has 6 aliphatic rings. The molecule has 112 heavy (non-hydrogen) atoms. The third-order valence-corrected chi connectivity index (χ3v) is 18.3. The Labute approximate surface area is 656 Å². The molecule has 0 unspecified atom stereocenters. The Morgan fingerprint density at radius 1 is 0.554 bits per heavy atom. The number of nitrogens with one attached hydrogen (secondary N) is 2. The number of hydrogen-bond donors (Lipinski definition) is 2. The van der Waals surface area contributed by atoms with Gasteiger partial charge in [-0.15, -0.1) is 5.10 Å². The number of hydrogen-bond acceptors (Lipinski definition) is 18. The molecule has 4 aromatic carbocycles. The highest BCUT2D eigenvalue weighted by Crippen LogP contribution is 2.38. The maximum Gasteiger partial charge on any atom is 0.417 e. The minimum absolute atomic E-state index is 0.00660. The van der Waals surface area contributed by atoms with Gasteiger partial charge in [-0.25, -0.2) is 42.8 Å². The minimum atomic E-state index is -0.838. The number of anilines is 3. The molecular formula is C80H78BrClF2N18O10. The molecule has 16 rings (SSSR count). The predicted molar refractivity (Wildman–Crippen MR) is 412 cm³/mol. The summed E-state index contributed by atoms with van der Waals surface area (Å²) in [6.07, 6.45) is 11.6. The number of H-pyrrole nitrogens is 1.